The molecule has 4 aromatic rings. The fraction of sp³-hybridized carbons (Fsp3) is 0.143. The van der Waals surface area contributed by atoms with Crippen molar-refractivity contribution >= 4 is 44.3 Å². The van der Waals surface area contributed by atoms with Crippen LogP contribution in [0.4, 0.5) is 0 Å². The first-order valence-electron chi connectivity index (χ1n) is 6.40. The van der Waals surface area contributed by atoms with Crippen LogP contribution in [0.2, 0.25) is 0 Å². The molecule has 0 aliphatic heterocycles. The molecule has 0 fully saturated rings. The number of thiazole rings is 1. The average molecular weight is 313 g/mol. The number of benzene rings is 1. The van der Waals surface area contributed by atoms with Gasteiger partial charge in [-0.15, -0.1) is 11.3 Å². The van der Waals surface area contributed by atoms with Crippen molar-refractivity contribution in [1.29, 1.82) is 0 Å². The van der Waals surface area contributed by atoms with Crippen LogP contribution in [0.25, 0.3) is 21.3 Å². The smallest absolute Gasteiger partial charge is 0.162 e. The van der Waals surface area contributed by atoms with Crippen LogP contribution < -0.4 is 0 Å². The highest BCUT2D eigenvalue weighted by molar-refractivity contribution is 8.01. The third-order valence-electron chi connectivity index (χ3n) is 3.22. The van der Waals surface area contributed by atoms with Crippen LogP contribution in [0.5, 0.6) is 0 Å². The maximum atomic E-state index is 4.65. The Kier molecular flexibility index (Phi) is 2.90. The molecule has 4 rings (SSSR count). The lowest BCUT2D eigenvalue weighted by Gasteiger charge is -1.99. The lowest BCUT2D eigenvalue weighted by atomic mass is 10.3. The predicted octanol–water partition coefficient (Wildman–Crippen LogP) is 3.43. The van der Waals surface area contributed by atoms with Crippen molar-refractivity contribution in [2.75, 3.05) is 0 Å². The van der Waals surface area contributed by atoms with Gasteiger partial charge in [-0.2, -0.15) is 5.10 Å². The Hall–Kier alpha value is -1.99. The number of para-hydroxylation sites is 1. The van der Waals surface area contributed by atoms with Gasteiger partial charge in [0.25, 0.3) is 0 Å². The summed E-state index contributed by atoms with van der Waals surface area (Å²) in [4.78, 5) is 13.4. The molecular formula is C14H11N5S2. The molecule has 1 aromatic carbocycles. The van der Waals surface area contributed by atoms with Gasteiger partial charge in [0.2, 0.25) is 0 Å². The summed E-state index contributed by atoms with van der Waals surface area (Å²) in [5, 5.41) is 6.33. The summed E-state index contributed by atoms with van der Waals surface area (Å²) in [6.45, 7) is 1.98. The highest BCUT2D eigenvalue weighted by Crippen LogP contribution is 2.36. The molecule has 0 spiro atoms. The second kappa shape index (κ2) is 4.78. The molecular weight excluding hydrogens is 302 g/mol. The third kappa shape index (κ3) is 2.09. The predicted molar refractivity (Wildman–Crippen MR) is 84.8 cm³/mol. The number of aromatic nitrogens is 5. The summed E-state index contributed by atoms with van der Waals surface area (Å²) in [6, 6.07) is 8.15. The summed E-state index contributed by atoms with van der Waals surface area (Å²) in [5.41, 5.74) is 2.82. The molecule has 0 bridgehead atoms. The van der Waals surface area contributed by atoms with Gasteiger partial charge in [-0.1, -0.05) is 12.1 Å². The van der Waals surface area contributed by atoms with Crippen LogP contribution >= 0.6 is 23.1 Å². The maximum Gasteiger partial charge on any atom is 0.162 e. The zero-order valence-corrected chi connectivity index (χ0v) is 13.1. The molecule has 104 valence electrons. The van der Waals surface area contributed by atoms with Crippen molar-refractivity contribution in [1.82, 2.24) is 24.7 Å². The summed E-state index contributed by atoms with van der Waals surface area (Å²) < 4.78 is 3.96. The molecule has 3 heterocycles. The van der Waals surface area contributed by atoms with Crippen molar-refractivity contribution in [3.63, 3.8) is 0 Å². The van der Waals surface area contributed by atoms with E-state index in [0.717, 1.165) is 31.6 Å². The number of hydrogen-bond donors (Lipinski definition) is 0. The van der Waals surface area contributed by atoms with E-state index in [4.69, 9.17) is 0 Å². The molecule has 0 N–H and O–H groups in total. The summed E-state index contributed by atoms with van der Waals surface area (Å²) in [6.07, 6.45) is 1.58. The van der Waals surface area contributed by atoms with E-state index in [1.165, 1.54) is 4.70 Å². The number of aryl methyl sites for hydroxylation is 2. The highest BCUT2D eigenvalue weighted by Gasteiger charge is 2.15. The van der Waals surface area contributed by atoms with Gasteiger partial charge in [0, 0.05) is 7.05 Å². The summed E-state index contributed by atoms with van der Waals surface area (Å²) in [7, 11) is 1.90. The third-order valence-corrected chi connectivity index (χ3v) is 5.32. The molecule has 0 amide bonds. The first-order valence-corrected chi connectivity index (χ1v) is 8.03. The van der Waals surface area contributed by atoms with Crippen molar-refractivity contribution in [3.8, 4) is 0 Å². The Labute approximate surface area is 129 Å². The van der Waals surface area contributed by atoms with Gasteiger partial charge in [0.1, 0.15) is 11.4 Å². The number of hydrogen-bond acceptors (Lipinski definition) is 6. The van der Waals surface area contributed by atoms with E-state index in [1.807, 2.05) is 32.2 Å². The van der Waals surface area contributed by atoms with Gasteiger partial charge in [-0.25, -0.2) is 15.0 Å². The molecule has 5 nitrogen and oxygen atoms in total. The van der Waals surface area contributed by atoms with Crippen LogP contribution in [0.1, 0.15) is 5.69 Å². The quantitative estimate of drug-likeness (QED) is 0.531. The van der Waals surface area contributed by atoms with Crippen LogP contribution in [-0.4, -0.2) is 24.7 Å². The molecule has 0 radical (unpaired) electrons. The molecule has 3 aromatic heterocycles. The summed E-state index contributed by atoms with van der Waals surface area (Å²) in [5.74, 6) is 0. The minimum Gasteiger partial charge on any atom is -0.250 e. The largest absolute Gasteiger partial charge is 0.250 e. The van der Waals surface area contributed by atoms with E-state index >= 15 is 0 Å². The first kappa shape index (κ1) is 12.7. The van der Waals surface area contributed by atoms with E-state index in [2.05, 4.69) is 26.1 Å². The van der Waals surface area contributed by atoms with E-state index in [1.54, 1.807) is 34.1 Å². The second-order valence-corrected chi connectivity index (χ2v) is 6.90. The number of rotatable bonds is 2. The molecule has 0 saturated heterocycles. The van der Waals surface area contributed by atoms with Gasteiger partial charge in [0.15, 0.2) is 9.99 Å². The van der Waals surface area contributed by atoms with Gasteiger partial charge >= 0.3 is 0 Å². The fourth-order valence-corrected chi connectivity index (χ4v) is 4.42. The van der Waals surface area contributed by atoms with Crippen molar-refractivity contribution in [2.45, 2.75) is 16.3 Å². The van der Waals surface area contributed by atoms with Gasteiger partial charge in [-0.05, 0) is 30.8 Å². The lowest BCUT2D eigenvalue weighted by molar-refractivity contribution is 0.772. The van der Waals surface area contributed by atoms with Crippen molar-refractivity contribution in [2.24, 2.45) is 7.05 Å². The molecule has 0 atom stereocenters. The van der Waals surface area contributed by atoms with Gasteiger partial charge in [-0.3, -0.25) is 4.68 Å². The van der Waals surface area contributed by atoms with E-state index in [9.17, 15) is 0 Å². The highest BCUT2D eigenvalue weighted by atomic mass is 32.2. The number of fused-ring (bicyclic) bond motifs is 2. The van der Waals surface area contributed by atoms with Gasteiger partial charge in [0.05, 0.1) is 21.3 Å². The SMILES string of the molecule is Cc1nn(C)c2ncnc(Sc3nc4ccccc4s3)c12. The molecule has 0 aliphatic carbocycles. The van der Waals surface area contributed by atoms with Crippen LogP contribution in [0, 0.1) is 6.92 Å². The zero-order chi connectivity index (χ0) is 14.4. The molecule has 0 aliphatic rings. The molecule has 0 saturated carbocycles. The Morgan fingerprint density at radius 1 is 1.19 bits per heavy atom. The number of nitrogens with zero attached hydrogens (tertiary/aromatic N) is 5. The minimum atomic E-state index is 0.853. The normalized spacial score (nSPS) is 11.5. The fourth-order valence-electron chi connectivity index (χ4n) is 2.30. The second-order valence-electron chi connectivity index (χ2n) is 4.64. The monoisotopic (exact) mass is 313 g/mol. The molecule has 21 heavy (non-hydrogen) atoms. The topological polar surface area (TPSA) is 56.5 Å². The van der Waals surface area contributed by atoms with Crippen molar-refractivity contribution < 1.29 is 0 Å². The van der Waals surface area contributed by atoms with Gasteiger partial charge < -0.3 is 0 Å². The van der Waals surface area contributed by atoms with Crippen LogP contribution in [-0.2, 0) is 7.05 Å². The standard InChI is InChI=1S/C14H11N5S2/c1-8-11-12(19(2)18-8)15-7-16-13(11)21-14-17-9-5-3-4-6-10(9)20-14/h3-7H,1-2H3. The van der Waals surface area contributed by atoms with Crippen LogP contribution in [0.3, 0.4) is 0 Å². The lowest BCUT2D eigenvalue weighted by Crippen LogP contribution is -1.92. The molecule has 7 heteroatoms. The summed E-state index contributed by atoms with van der Waals surface area (Å²) >= 11 is 3.25. The van der Waals surface area contributed by atoms with Crippen molar-refractivity contribution in [3.05, 3.63) is 36.3 Å². The Balaban J connectivity index is 1.83. The van der Waals surface area contributed by atoms with Crippen LogP contribution in [0.15, 0.2) is 40.0 Å². The first-order chi connectivity index (χ1) is 10.2. The van der Waals surface area contributed by atoms with E-state index < -0.39 is 0 Å². The maximum absolute atomic E-state index is 4.65. The Bertz CT molecular complexity index is 923. The average Bonchev–Trinajstić information content (AvgIpc) is 3.00. The molecule has 0 unspecified atom stereocenters. The Morgan fingerprint density at radius 3 is 2.90 bits per heavy atom. The van der Waals surface area contributed by atoms with E-state index in [0.29, 0.717) is 0 Å². The van der Waals surface area contributed by atoms with E-state index in [-0.39, 0.29) is 0 Å². The minimum absolute atomic E-state index is 0.853. The zero-order valence-electron chi connectivity index (χ0n) is 11.4. The Morgan fingerprint density at radius 2 is 2.05 bits per heavy atom.